The van der Waals surface area contributed by atoms with E-state index in [4.69, 9.17) is 4.52 Å². The van der Waals surface area contributed by atoms with Gasteiger partial charge in [0.1, 0.15) is 11.5 Å². The molecular weight excluding hydrogens is 390 g/mol. The summed E-state index contributed by atoms with van der Waals surface area (Å²) in [6.07, 6.45) is 7.42. The molecule has 0 spiro atoms. The van der Waals surface area contributed by atoms with Gasteiger partial charge in [0, 0.05) is 51.7 Å². The smallest absolute Gasteiger partial charge is 0.230 e. The molecule has 1 aromatic heterocycles. The highest BCUT2D eigenvalue weighted by Crippen LogP contribution is 2.37. The molecule has 1 saturated heterocycles. The van der Waals surface area contributed by atoms with E-state index in [0.717, 1.165) is 43.5 Å². The molecule has 0 N–H and O–H groups in total. The van der Waals surface area contributed by atoms with Crippen molar-refractivity contribution in [1.29, 1.82) is 0 Å². The Hall–Kier alpha value is -2.63. The number of aromatic nitrogens is 1. The standard InChI is InChI=1S/C25H33N3O3/c1-27(2)24(30)25(17-21-16-22(26-31-21)20-11-4-3-5-12-20)13-8-14-28(18-25)23(29)15-19-9-6-7-10-19/h3-5,11-12,16,19H,6-10,13-15,17-18H2,1-2H3/t25-/m0/s1. The fourth-order valence-electron chi connectivity index (χ4n) is 5.28. The maximum absolute atomic E-state index is 13.3. The van der Waals surface area contributed by atoms with Gasteiger partial charge in [-0.05, 0) is 31.6 Å². The molecule has 2 fully saturated rings. The molecule has 1 saturated carbocycles. The van der Waals surface area contributed by atoms with Gasteiger partial charge >= 0.3 is 0 Å². The van der Waals surface area contributed by atoms with E-state index in [9.17, 15) is 9.59 Å². The third kappa shape index (κ3) is 4.83. The monoisotopic (exact) mass is 423 g/mol. The highest BCUT2D eigenvalue weighted by molar-refractivity contribution is 5.84. The number of nitrogens with zero attached hydrogens (tertiary/aromatic N) is 3. The van der Waals surface area contributed by atoms with Gasteiger partial charge in [0.05, 0.1) is 5.41 Å². The summed E-state index contributed by atoms with van der Waals surface area (Å²) in [5.74, 6) is 1.46. The minimum absolute atomic E-state index is 0.0588. The second kappa shape index (κ2) is 9.25. The van der Waals surface area contributed by atoms with Gasteiger partial charge in [-0.15, -0.1) is 0 Å². The van der Waals surface area contributed by atoms with Gasteiger partial charge in [0.15, 0.2) is 0 Å². The fraction of sp³-hybridized carbons (Fsp3) is 0.560. The number of carbonyl (C=O) groups excluding carboxylic acids is 2. The van der Waals surface area contributed by atoms with E-state index in [1.54, 1.807) is 19.0 Å². The van der Waals surface area contributed by atoms with Crippen molar-refractivity contribution in [2.24, 2.45) is 11.3 Å². The number of hydrogen-bond donors (Lipinski definition) is 0. The fourth-order valence-corrected chi connectivity index (χ4v) is 5.28. The van der Waals surface area contributed by atoms with Gasteiger partial charge in [-0.3, -0.25) is 9.59 Å². The van der Waals surface area contributed by atoms with Gasteiger partial charge in [-0.1, -0.05) is 48.3 Å². The number of amides is 2. The first-order valence-corrected chi connectivity index (χ1v) is 11.5. The summed E-state index contributed by atoms with van der Waals surface area (Å²) < 4.78 is 5.66. The molecular formula is C25H33N3O3. The van der Waals surface area contributed by atoms with Crippen LogP contribution >= 0.6 is 0 Å². The molecule has 2 heterocycles. The number of piperidine rings is 1. The van der Waals surface area contributed by atoms with E-state index >= 15 is 0 Å². The number of carbonyl (C=O) groups is 2. The Bertz CT molecular complexity index is 902. The van der Waals surface area contributed by atoms with E-state index in [2.05, 4.69) is 5.16 Å². The average Bonchev–Trinajstić information content (AvgIpc) is 3.46. The lowest BCUT2D eigenvalue weighted by Gasteiger charge is -2.42. The maximum Gasteiger partial charge on any atom is 0.230 e. The van der Waals surface area contributed by atoms with E-state index < -0.39 is 5.41 Å². The van der Waals surface area contributed by atoms with Crippen LogP contribution in [-0.4, -0.2) is 54.0 Å². The minimum Gasteiger partial charge on any atom is -0.361 e. The summed E-state index contributed by atoms with van der Waals surface area (Å²) in [6, 6.07) is 11.8. The Balaban J connectivity index is 1.53. The largest absolute Gasteiger partial charge is 0.361 e. The van der Waals surface area contributed by atoms with E-state index in [1.165, 1.54) is 12.8 Å². The van der Waals surface area contributed by atoms with Gasteiger partial charge < -0.3 is 14.3 Å². The third-order valence-corrected chi connectivity index (χ3v) is 6.87. The lowest BCUT2D eigenvalue weighted by Crippen LogP contribution is -2.54. The first-order chi connectivity index (χ1) is 15.0. The molecule has 0 bridgehead atoms. The molecule has 6 nitrogen and oxygen atoms in total. The predicted octanol–water partition coefficient (Wildman–Crippen LogP) is 4.16. The van der Waals surface area contributed by atoms with E-state index in [1.807, 2.05) is 41.3 Å². The van der Waals surface area contributed by atoms with Gasteiger partial charge in [-0.2, -0.15) is 0 Å². The molecule has 2 aromatic rings. The summed E-state index contributed by atoms with van der Waals surface area (Å²) in [6.45, 7) is 1.19. The number of likely N-dealkylation sites (tertiary alicyclic amines) is 1. The van der Waals surface area contributed by atoms with Crippen molar-refractivity contribution in [3.63, 3.8) is 0 Å². The second-order valence-corrected chi connectivity index (χ2v) is 9.47. The molecule has 6 heteroatoms. The molecule has 2 amide bonds. The quantitative estimate of drug-likeness (QED) is 0.700. The zero-order valence-electron chi connectivity index (χ0n) is 18.7. The van der Waals surface area contributed by atoms with Crippen LogP contribution < -0.4 is 0 Å². The molecule has 1 aliphatic heterocycles. The normalized spacial score (nSPS) is 21.9. The van der Waals surface area contributed by atoms with Crippen molar-refractivity contribution >= 4 is 11.8 Å². The highest BCUT2D eigenvalue weighted by Gasteiger charge is 2.45. The summed E-state index contributed by atoms with van der Waals surface area (Å²) in [5, 5.41) is 4.23. The van der Waals surface area contributed by atoms with Crippen LogP contribution in [0, 0.1) is 11.3 Å². The zero-order valence-corrected chi connectivity index (χ0v) is 18.7. The first-order valence-electron chi connectivity index (χ1n) is 11.5. The molecule has 4 rings (SSSR count). The van der Waals surface area contributed by atoms with Crippen LogP contribution in [0.5, 0.6) is 0 Å². The Morgan fingerprint density at radius 1 is 1.16 bits per heavy atom. The molecule has 0 radical (unpaired) electrons. The van der Waals surface area contributed by atoms with E-state index in [-0.39, 0.29) is 11.8 Å². The first kappa shape index (κ1) is 21.6. The van der Waals surface area contributed by atoms with Crippen LogP contribution in [0.2, 0.25) is 0 Å². The predicted molar refractivity (Wildman–Crippen MR) is 119 cm³/mol. The van der Waals surface area contributed by atoms with Crippen LogP contribution in [0.15, 0.2) is 40.9 Å². The minimum atomic E-state index is -0.666. The summed E-state index contributed by atoms with van der Waals surface area (Å²) >= 11 is 0. The molecule has 2 aliphatic rings. The van der Waals surface area contributed by atoms with Crippen LogP contribution in [0.3, 0.4) is 0 Å². The Kier molecular flexibility index (Phi) is 6.44. The molecule has 1 atom stereocenters. The lowest BCUT2D eigenvalue weighted by molar-refractivity contribution is -0.147. The SMILES string of the molecule is CN(C)C(=O)[C@]1(Cc2cc(-c3ccccc3)no2)CCCN(C(=O)CC2CCCC2)C1. The number of hydrogen-bond acceptors (Lipinski definition) is 4. The van der Waals surface area contributed by atoms with Crippen molar-refractivity contribution in [2.45, 2.75) is 51.4 Å². The number of rotatable bonds is 6. The van der Waals surface area contributed by atoms with Crippen molar-refractivity contribution in [3.05, 3.63) is 42.2 Å². The van der Waals surface area contributed by atoms with Crippen LogP contribution in [0.25, 0.3) is 11.3 Å². The topological polar surface area (TPSA) is 66.7 Å². The zero-order chi connectivity index (χ0) is 21.8. The molecule has 1 aliphatic carbocycles. The molecule has 166 valence electrons. The Morgan fingerprint density at radius 2 is 1.90 bits per heavy atom. The van der Waals surface area contributed by atoms with Crippen LogP contribution in [-0.2, 0) is 16.0 Å². The average molecular weight is 424 g/mol. The molecule has 31 heavy (non-hydrogen) atoms. The summed E-state index contributed by atoms with van der Waals surface area (Å²) in [7, 11) is 3.58. The molecule has 0 unspecified atom stereocenters. The van der Waals surface area contributed by atoms with Crippen LogP contribution in [0.4, 0.5) is 0 Å². The lowest BCUT2D eigenvalue weighted by atomic mass is 9.75. The Morgan fingerprint density at radius 3 is 2.61 bits per heavy atom. The number of benzene rings is 1. The van der Waals surface area contributed by atoms with Gasteiger partial charge in [-0.25, -0.2) is 0 Å². The summed E-state index contributed by atoms with van der Waals surface area (Å²) in [4.78, 5) is 30.0. The van der Waals surface area contributed by atoms with Crippen LogP contribution in [0.1, 0.15) is 50.7 Å². The maximum atomic E-state index is 13.3. The van der Waals surface area contributed by atoms with E-state index in [0.29, 0.717) is 31.1 Å². The summed E-state index contributed by atoms with van der Waals surface area (Å²) in [5.41, 5.74) is 1.09. The third-order valence-electron chi connectivity index (χ3n) is 6.87. The van der Waals surface area contributed by atoms with Gasteiger partial charge in [0.25, 0.3) is 0 Å². The van der Waals surface area contributed by atoms with Crippen molar-refractivity contribution in [3.8, 4) is 11.3 Å². The Labute approximate surface area is 184 Å². The second-order valence-electron chi connectivity index (χ2n) is 9.47. The van der Waals surface area contributed by atoms with Gasteiger partial charge in [0.2, 0.25) is 11.8 Å². The van der Waals surface area contributed by atoms with Crippen molar-refractivity contribution in [2.75, 3.05) is 27.2 Å². The molecule has 1 aromatic carbocycles. The highest BCUT2D eigenvalue weighted by atomic mass is 16.5. The van der Waals surface area contributed by atoms with Crippen molar-refractivity contribution < 1.29 is 14.1 Å². The van der Waals surface area contributed by atoms with Crippen molar-refractivity contribution in [1.82, 2.24) is 15.0 Å².